The van der Waals surface area contributed by atoms with Crippen molar-refractivity contribution in [2.75, 3.05) is 5.32 Å². The minimum Gasteiger partial charge on any atom is -0.489 e. The molecule has 0 radical (unpaired) electrons. The molecule has 126 valence electrons. The van der Waals surface area contributed by atoms with Gasteiger partial charge in [-0.25, -0.2) is 0 Å². The number of hydrogen-bond donors (Lipinski definition) is 2. The molecule has 3 N–H and O–H groups in total. The van der Waals surface area contributed by atoms with Crippen LogP contribution >= 0.6 is 11.6 Å². The molecular weight excluding hydrogens is 324 g/mol. The smallest absolute Gasteiger partial charge is 0.227 e. The van der Waals surface area contributed by atoms with E-state index in [0.29, 0.717) is 17.4 Å². The number of carbonyl (C=O) groups is 1. The number of amides is 1. The number of nitrogens with one attached hydrogen (secondary N) is 1. The van der Waals surface area contributed by atoms with Gasteiger partial charge in [-0.2, -0.15) is 0 Å². The molecule has 0 heterocycles. The van der Waals surface area contributed by atoms with Crippen molar-refractivity contribution in [1.82, 2.24) is 0 Å². The lowest BCUT2D eigenvalue weighted by molar-refractivity contribution is -0.119. The van der Waals surface area contributed by atoms with Gasteiger partial charge in [0.2, 0.25) is 5.91 Å². The fourth-order valence-corrected chi connectivity index (χ4v) is 3.04. The maximum absolute atomic E-state index is 12.3. The molecule has 0 saturated heterocycles. The summed E-state index contributed by atoms with van der Waals surface area (Å²) in [5, 5.41) is 3.66. The summed E-state index contributed by atoms with van der Waals surface area (Å²) >= 11 is 5.87. The average molecular weight is 345 g/mol. The summed E-state index contributed by atoms with van der Waals surface area (Å²) in [6.07, 6.45) is 2.54. The molecule has 4 nitrogen and oxygen atoms in total. The molecule has 0 bridgehead atoms. The maximum Gasteiger partial charge on any atom is 0.227 e. The van der Waals surface area contributed by atoms with Crippen LogP contribution in [-0.4, -0.2) is 11.9 Å². The highest BCUT2D eigenvalue weighted by atomic mass is 35.5. The standard InChI is InChI=1S/C19H21ClN2O2/c20-15-7-4-13(5-8-15)12-24-18-3-1-2-17(11-18)22-19(23)14-6-9-16(21)10-14/h1-5,7-8,11,14,16H,6,9-10,12,21H2,(H,22,23). The van der Waals surface area contributed by atoms with Crippen LogP contribution < -0.4 is 15.8 Å². The first-order valence-corrected chi connectivity index (χ1v) is 8.52. The van der Waals surface area contributed by atoms with Crippen molar-refractivity contribution >= 4 is 23.2 Å². The Morgan fingerprint density at radius 3 is 2.71 bits per heavy atom. The van der Waals surface area contributed by atoms with Crippen LogP contribution in [0.5, 0.6) is 5.75 Å². The topological polar surface area (TPSA) is 64.4 Å². The Morgan fingerprint density at radius 2 is 2.00 bits per heavy atom. The van der Waals surface area contributed by atoms with E-state index in [9.17, 15) is 4.79 Å². The fraction of sp³-hybridized carbons (Fsp3) is 0.316. The molecule has 1 amide bonds. The van der Waals surface area contributed by atoms with E-state index in [-0.39, 0.29) is 17.9 Å². The van der Waals surface area contributed by atoms with Crippen LogP contribution in [-0.2, 0) is 11.4 Å². The Bertz CT molecular complexity index is 703. The fourth-order valence-electron chi connectivity index (χ4n) is 2.91. The third-order valence-corrected chi connectivity index (χ3v) is 4.52. The van der Waals surface area contributed by atoms with Crippen molar-refractivity contribution in [3.8, 4) is 5.75 Å². The number of halogens is 1. The highest BCUT2D eigenvalue weighted by molar-refractivity contribution is 6.30. The lowest BCUT2D eigenvalue weighted by Crippen LogP contribution is -2.23. The Morgan fingerprint density at radius 1 is 1.21 bits per heavy atom. The number of nitrogens with two attached hydrogens (primary N) is 1. The van der Waals surface area contributed by atoms with Gasteiger partial charge in [-0.1, -0.05) is 29.8 Å². The molecule has 2 unspecified atom stereocenters. The quantitative estimate of drug-likeness (QED) is 0.862. The monoisotopic (exact) mass is 344 g/mol. The van der Waals surface area contributed by atoms with Crippen LogP contribution in [0.25, 0.3) is 0 Å². The Kier molecular flexibility index (Phi) is 5.38. The van der Waals surface area contributed by atoms with Gasteiger partial charge in [0.1, 0.15) is 12.4 Å². The number of carbonyl (C=O) groups excluding carboxylic acids is 1. The normalized spacial score (nSPS) is 19.9. The minimum atomic E-state index is 0.0126. The van der Waals surface area contributed by atoms with Crippen LogP contribution in [0.4, 0.5) is 5.69 Å². The Hall–Kier alpha value is -2.04. The molecule has 5 heteroatoms. The predicted octanol–water partition coefficient (Wildman–Crippen LogP) is 3.98. The molecule has 0 aromatic heterocycles. The molecule has 2 atom stereocenters. The van der Waals surface area contributed by atoms with Crippen molar-refractivity contribution < 1.29 is 9.53 Å². The average Bonchev–Trinajstić information content (AvgIpc) is 3.01. The zero-order valence-corrected chi connectivity index (χ0v) is 14.1. The van der Waals surface area contributed by atoms with Gasteiger partial charge in [0.05, 0.1) is 0 Å². The molecule has 0 aliphatic heterocycles. The lowest BCUT2D eigenvalue weighted by atomic mass is 10.1. The lowest BCUT2D eigenvalue weighted by Gasteiger charge is -2.12. The van der Waals surface area contributed by atoms with E-state index >= 15 is 0 Å². The third kappa shape index (κ3) is 4.49. The molecule has 1 fully saturated rings. The van der Waals surface area contributed by atoms with Crippen LogP contribution in [0, 0.1) is 5.92 Å². The van der Waals surface area contributed by atoms with Gasteiger partial charge in [-0.05, 0) is 49.1 Å². The van der Waals surface area contributed by atoms with E-state index < -0.39 is 0 Å². The zero-order chi connectivity index (χ0) is 16.9. The Balaban J connectivity index is 1.57. The second-order valence-electron chi connectivity index (χ2n) is 6.20. The van der Waals surface area contributed by atoms with E-state index in [1.165, 1.54) is 0 Å². The molecule has 3 rings (SSSR count). The SMILES string of the molecule is NC1CCC(C(=O)Nc2cccc(OCc3ccc(Cl)cc3)c2)C1. The zero-order valence-electron chi connectivity index (χ0n) is 13.4. The van der Waals surface area contributed by atoms with E-state index in [0.717, 1.165) is 30.5 Å². The second kappa shape index (κ2) is 7.69. The van der Waals surface area contributed by atoms with Gasteiger partial charge in [-0.15, -0.1) is 0 Å². The van der Waals surface area contributed by atoms with Crippen molar-refractivity contribution in [2.45, 2.75) is 31.9 Å². The summed E-state index contributed by atoms with van der Waals surface area (Å²) in [5.41, 5.74) is 7.66. The number of benzene rings is 2. The molecule has 1 saturated carbocycles. The Labute approximate surface area is 147 Å². The largest absolute Gasteiger partial charge is 0.489 e. The van der Waals surface area contributed by atoms with Crippen LogP contribution in [0.15, 0.2) is 48.5 Å². The number of hydrogen-bond acceptors (Lipinski definition) is 3. The van der Waals surface area contributed by atoms with Gasteiger partial charge >= 0.3 is 0 Å². The molecule has 2 aromatic rings. The second-order valence-corrected chi connectivity index (χ2v) is 6.64. The van der Waals surface area contributed by atoms with Crippen LogP contribution in [0.3, 0.4) is 0 Å². The first kappa shape index (κ1) is 16.8. The molecular formula is C19H21ClN2O2. The van der Waals surface area contributed by atoms with Crippen molar-refractivity contribution in [3.05, 3.63) is 59.1 Å². The van der Waals surface area contributed by atoms with E-state index in [1.54, 1.807) is 0 Å². The summed E-state index contributed by atoms with van der Waals surface area (Å²) < 4.78 is 5.78. The highest BCUT2D eigenvalue weighted by Gasteiger charge is 2.27. The van der Waals surface area contributed by atoms with Gasteiger partial charge < -0.3 is 15.8 Å². The van der Waals surface area contributed by atoms with Crippen molar-refractivity contribution in [2.24, 2.45) is 11.7 Å². The number of anilines is 1. The summed E-state index contributed by atoms with van der Waals surface area (Å²) in [7, 11) is 0. The third-order valence-electron chi connectivity index (χ3n) is 4.26. The van der Waals surface area contributed by atoms with E-state index in [1.807, 2.05) is 48.5 Å². The highest BCUT2D eigenvalue weighted by Crippen LogP contribution is 2.26. The maximum atomic E-state index is 12.3. The predicted molar refractivity (Wildman–Crippen MR) is 96.2 cm³/mol. The van der Waals surface area contributed by atoms with Gasteiger partial charge in [0.15, 0.2) is 0 Å². The summed E-state index contributed by atoms with van der Waals surface area (Å²) in [5.74, 6) is 0.766. The summed E-state index contributed by atoms with van der Waals surface area (Å²) in [4.78, 5) is 12.3. The molecule has 0 spiro atoms. The summed E-state index contributed by atoms with van der Waals surface area (Å²) in [6, 6.07) is 15.1. The molecule has 2 aromatic carbocycles. The molecule has 1 aliphatic rings. The first-order valence-electron chi connectivity index (χ1n) is 8.14. The number of ether oxygens (including phenoxy) is 1. The summed E-state index contributed by atoms with van der Waals surface area (Å²) in [6.45, 7) is 0.450. The van der Waals surface area contributed by atoms with E-state index in [4.69, 9.17) is 22.1 Å². The molecule has 1 aliphatic carbocycles. The minimum absolute atomic E-state index is 0.0126. The van der Waals surface area contributed by atoms with E-state index in [2.05, 4.69) is 5.32 Å². The first-order chi connectivity index (χ1) is 11.6. The molecule has 24 heavy (non-hydrogen) atoms. The van der Waals surface area contributed by atoms with Crippen molar-refractivity contribution in [1.29, 1.82) is 0 Å². The van der Waals surface area contributed by atoms with Gasteiger partial charge in [-0.3, -0.25) is 4.79 Å². The van der Waals surface area contributed by atoms with Gasteiger partial charge in [0, 0.05) is 28.7 Å². The van der Waals surface area contributed by atoms with Crippen LogP contribution in [0.2, 0.25) is 5.02 Å². The van der Waals surface area contributed by atoms with Crippen molar-refractivity contribution in [3.63, 3.8) is 0 Å². The number of rotatable bonds is 5. The van der Waals surface area contributed by atoms with Crippen LogP contribution in [0.1, 0.15) is 24.8 Å². The van der Waals surface area contributed by atoms with Gasteiger partial charge in [0.25, 0.3) is 0 Å².